The first-order valence-corrected chi connectivity index (χ1v) is 5.22. The van der Waals surface area contributed by atoms with Crippen molar-refractivity contribution in [3.63, 3.8) is 0 Å². The quantitative estimate of drug-likeness (QED) is 0.564. The second-order valence-corrected chi connectivity index (χ2v) is 3.49. The SMILES string of the molecule is CCCCC(CCC)CCC#N. The van der Waals surface area contributed by atoms with Crippen molar-refractivity contribution in [3.8, 4) is 6.07 Å². The minimum Gasteiger partial charge on any atom is -0.198 e. The van der Waals surface area contributed by atoms with Gasteiger partial charge in [-0.25, -0.2) is 0 Å². The van der Waals surface area contributed by atoms with Crippen LogP contribution < -0.4 is 0 Å². The number of nitrogens with zero attached hydrogens (tertiary/aromatic N) is 1. The van der Waals surface area contributed by atoms with Gasteiger partial charge in [-0.15, -0.1) is 0 Å². The molecule has 0 aromatic carbocycles. The van der Waals surface area contributed by atoms with Crippen LogP contribution in [0.3, 0.4) is 0 Å². The Hall–Kier alpha value is -0.510. The third-order valence-corrected chi connectivity index (χ3v) is 2.33. The molecule has 0 bridgehead atoms. The molecule has 1 nitrogen and oxygen atoms in total. The highest BCUT2D eigenvalue weighted by Crippen LogP contribution is 2.19. The number of rotatable bonds is 7. The molecule has 12 heavy (non-hydrogen) atoms. The molecule has 70 valence electrons. The van der Waals surface area contributed by atoms with Gasteiger partial charge in [0.15, 0.2) is 0 Å². The Morgan fingerprint density at radius 3 is 2.33 bits per heavy atom. The van der Waals surface area contributed by atoms with Crippen LogP contribution in [0.1, 0.15) is 58.8 Å². The second-order valence-electron chi connectivity index (χ2n) is 3.49. The summed E-state index contributed by atoms with van der Waals surface area (Å²) in [4.78, 5) is 0. The van der Waals surface area contributed by atoms with E-state index in [1.165, 1.54) is 32.1 Å². The largest absolute Gasteiger partial charge is 0.198 e. The highest BCUT2D eigenvalue weighted by Gasteiger charge is 2.05. The lowest BCUT2D eigenvalue weighted by Gasteiger charge is -2.13. The van der Waals surface area contributed by atoms with Gasteiger partial charge in [0, 0.05) is 6.42 Å². The van der Waals surface area contributed by atoms with E-state index in [0.717, 1.165) is 18.8 Å². The van der Waals surface area contributed by atoms with Crippen LogP contribution in [0.4, 0.5) is 0 Å². The van der Waals surface area contributed by atoms with E-state index < -0.39 is 0 Å². The Morgan fingerprint density at radius 2 is 1.83 bits per heavy atom. The van der Waals surface area contributed by atoms with E-state index in [9.17, 15) is 0 Å². The summed E-state index contributed by atoms with van der Waals surface area (Å²) in [7, 11) is 0. The van der Waals surface area contributed by atoms with Crippen molar-refractivity contribution in [3.05, 3.63) is 0 Å². The summed E-state index contributed by atoms with van der Waals surface area (Å²) in [5.74, 6) is 0.814. The van der Waals surface area contributed by atoms with Crippen molar-refractivity contribution in [2.24, 2.45) is 5.92 Å². The maximum Gasteiger partial charge on any atom is 0.0621 e. The van der Waals surface area contributed by atoms with Gasteiger partial charge in [0.2, 0.25) is 0 Å². The first kappa shape index (κ1) is 11.5. The monoisotopic (exact) mass is 167 g/mol. The summed E-state index contributed by atoms with van der Waals surface area (Å²) in [5, 5.41) is 8.46. The molecule has 0 rings (SSSR count). The van der Waals surface area contributed by atoms with Gasteiger partial charge in [-0.2, -0.15) is 5.26 Å². The molecule has 0 N–H and O–H groups in total. The van der Waals surface area contributed by atoms with Gasteiger partial charge in [0.05, 0.1) is 6.07 Å². The predicted molar refractivity (Wildman–Crippen MR) is 52.8 cm³/mol. The lowest BCUT2D eigenvalue weighted by atomic mass is 9.93. The van der Waals surface area contributed by atoms with Crippen molar-refractivity contribution in [1.82, 2.24) is 0 Å². The molecular formula is C11H21N. The zero-order chi connectivity index (χ0) is 9.23. The van der Waals surface area contributed by atoms with E-state index in [1.807, 2.05) is 0 Å². The van der Waals surface area contributed by atoms with Gasteiger partial charge in [-0.3, -0.25) is 0 Å². The fraction of sp³-hybridized carbons (Fsp3) is 0.909. The Labute approximate surface area is 76.8 Å². The first-order valence-electron chi connectivity index (χ1n) is 5.22. The van der Waals surface area contributed by atoms with Crippen LogP contribution in [-0.4, -0.2) is 0 Å². The molecule has 0 aromatic heterocycles. The van der Waals surface area contributed by atoms with Crippen LogP contribution in [0.5, 0.6) is 0 Å². The summed E-state index contributed by atoms with van der Waals surface area (Å²) in [6.07, 6.45) is 8.37. The van der Waals surface area contributed by atoms with E-state index in [1.54, 1.807) is 0 Å². The Kier molecular flexibility index (Phi) is 8.22. The summed E-state index contributed by atoms with van der Waals surface area (Å²) >= 11 is 0. The number of hydrogen-bond donors (Lipinski definition) is 0. The second kappa shape index (κ2) is 8.59. The van der Waals surface area contributed by atoms with E-state index in [0.29, 0.717) is 0 Å². The van der Waals surface area contributed by atoms with Crippen LogP contribution in [-0.2, 0) is 0 Å². The Bertz CT molecular complexity index is 123. The van der Waals surface area contributed by atoms with Crippen molar-refractivity contribution in [1.29, 1.82) is 5.26 Å². The maximum absolute atomic E-state index is 8.46. The molecule has 0 saturated heterocycles. The number of hydrogen-bond acceptors (Lipinski definition) is 1. The predicted octanol–water partition coefficient (Wildman–Crippen LogP) is 3.90. The molecule has 0 aliphatic carbocycles. The Balaban J connectivity index is 3.48. The van der Waals surface area contributed by atoms with Gasteiger partial charge in [-0.1, -0.05) is 46.0 Å². The molecule has 1 unspecified atom stereocenters. The fourth-order valence-corrected chi connectivity index (χ4v) is 1.60. The summed E-state index contributed by atoms with van der Waals surface area (Å²) in [6.45, 7) is 4.46. The standard InChI is InChI=1S/C11H21N/c1-3-5-8-11(7-4-2)9-6-10-12/h11H,3-9H2,1-2H3. The molecule has 0 fully saturated rings. The molecule has 0 amide bonds. The zero-order valence-corrected chi connectivity index (χ0v) is 8.47. The van der Waals surface area contributed by atoms with Gasteiger partial charge in [0.1, 0.15) is 0 Å². The molecule has 0 saturated carbocycles. The topological polar surface area (TPSA) is 23.8 Å². The summed E-state index contributed by atoms with van der Waals surface area (Å²) in [5.41, 5.74) is 0. The average Bonchev–Trinajstić information content (AvgIpc) is 2.10. The molecule has 0 heterocycles. The number of nitriles is 1. The third kappa shape index (κ3) is 6.22. The lowest BCUT2D eigenvalue weighted by molar-refractivity contribution is 0.406. The van der Waals surface area contributed by atoms with E-state index in [-0.39, 0.29) is 0 Å². The Morgan fingerprint density at radius 1 is 1.08 bits per heavy atom. The molecule has 1 atom stereocenters. The van der Waals surface area contributed by atoms with Crippen LogP contribution in [0.15, 0.2) is 0 Å². The minimum atomic E-state index is 0.744. The molecule has 0 aliphatic heterocycles. The van der Waals surface area contributed by atoms with Crippen LogP contribution in [0.25, 0.3) is 0 Å². The first-order chi connectivity index (χ1) is 5.85. The highest BCUT2D eigenvalue weighted by molar-refractivity contribution is 4.72. The average molecular weight is 167 g/mol. The highest BCUT2D eigenvalue weighted by atomic mass is 14.2. The zero-order valence-electron chi connectivity index (χ0n) is 8.47. The van der Waals surface area contributed by atoms with E-state index in [2.05, 4.69) is 19.9 Å². The van der Waals surface area contributed by atoms with E-state index >= 15 is 0 Å². The summed E-state index contributed by atoms with van der Waals surface area (Å²) < 4.78 is 0. The number of unbranched alkanes of at least 4 members (excludes halogenated alkanes) is 1. The maximum atomic E-state index is 8.46. The van der Waals surface area contributed by atoms with E-state index in [4.69, 9.17) is 5.26 Å². The van der Waals surface area contributed by atoms with Crippen molar-refractivity contribution < 1.29 is 0 Å². The smallest absolute Gasteiger partial charge is 0.0621 e. The van der Waals surface area contributed by atoms with Gasteiger partial charge in [-0.05, 0) is 12.3 Å². The van der Waals surface area contributed by atoms with Crippen molar-refractivity contribution in [2.45, 2.75) is 58.8 Å². The van der Waals surface area contributed by atoms with Gasteiger partial charge in [0.25, 0.3) is 0 Å². The lowest BCUT2D eigenvalue weighted by Crippen LogP contribution is -1.99. The van der Waals surface area contributed by atoms with Gasteiger partial charge >= 0.3 is 0 Å². The summed E-state index contributed by atoms with van der Waals surface area (Å²) in [6, 6.07) is 2.23. The third-order valence-electron chi connectivity index (χ3n) is 2.33. The fourth-order valence-electron chi connectivity index (χ4n) is 1.60. The molecule has 0 aliphatic rings. The molecule has 0 aromatic rings. The molecule has 0 radical (unpaired) electrons. The van der Waals surface area contributed by atoms with Crippen LogP contribution in [0, 0.1) is 17.2 Å². The molecular weight excluding hydrogens is 146 g/mol. The van der Waals surface area contributed by atoms with Crippen LogP contribution in [0.2, 0.25) is 0 Å². The normalized spacial score (nSPS) is 12.4. The van der Waals surface area contributed by atoms with Crippen molar-refractivity contribution in [2.75, 3.05) is 0 Å². The minimum absolute atomic E-state index is 0.744. The molecule has 1 heteroatoms. The molecule has 0 spiro atoms. The van der Waals surface area contributed by atoms with Crippen molar-refractivity contribution >= 4 is 0 Å². The van der Waals surface area contributed by atoms with Gasteiger partial charge < -0.3 is 0 Å². The van der Waals surface area contributed by atoms with Crippen LogP contribution >= 0.6 is 0 Å².